The first-order valence-corrected chi connectivity index (χ1v) is 7.95. The number of fused-ring (bicyclic) bond motifs is 1. The molecule has 0 radical (unpaired) electrons. The van der Waals surface area contributed by atoms with E-state index in [1.807, 2.05) is 13.1 Å². The summed E-state index contributed by atoms with van der Waals surface area (Å²) in [5.41, 5.74) is 2.56. The molecule has 1 N–H and O–H groups in total. The average Bonchev–Trinajstić information content (AvgIpc) is 2.50. The highest BCUT2D eigenvalue weighted by molar-refractivity contribution is 5.22. The van der Waals surface area contributed by atoms with Gasteiger partial charge < -0.3 is 10.1 Å². The molecule has 0 saturated heterocycles. The van der Waals surface area contributed by atoms with Crippen molar-refractivity contribution < 1.29 is 4.74 Å². The second-order valence-electron chi connectivity index (χ2n) is 5.47. The molecule has 2 unspecified atom stereocenters. The number of hydrogen-bond donors (Lipinski definition) is 1. The molecule has 1 aromatic heterocycles. The van der Waals surface area contributed by atoms with Gasteiger partial charge in [0, 0.05) is 18.5 Å². The molecule has 0 amide bonds. The van der Waals surface area contributed by atoms with E-state index < -0.39 is 0 Å². The van der Waals surface area contributed by atoms with Crippen LogP contribution in [0.2, 0.25) is 0 Å². The first-order valence-electron chi connectivity index (χ1n) is 7.95. The minimum Gasteiger partial charge on any atom is -0.371 e. The van der Waals surface area contributed by atoms with Gasteiger partial charge in [0.1, 0.15) is 6.10 Å². The van der Waals surface area contributed by atoms with Crippen molar-refractivity contribution >= 4 is 0 Å². The Hall–Kier alpha value is -1.00. The van der Waals surface area contributed by atoms with Crippen molar-refractivity contribution in [1.82, 2.24) is 15.3 Å². The molecule has 2 rings (SSSR count). The van der Waals surface area contributed by atoms with Crippen LogP contribution in [0.25, 0.3) is 0 Å². The van der Waals surface area contributed by atoms with Gasteiger partial charge in [0.25, 0.3) is 0 Å². The Balaban J connectivity index is 2.06. The minimum atomic E-state index is 0.0461. The summed E-state index contributed by atoms with van der Waals surface area (Å²) in [5, 5.41) is 3.44. The highest BCUT2D eigenvalue weighted by atomic mass is 16.5. The third-order valence-corrected chi connectivity index (χ3v) is 3.98. The van der Waals surface area contributed by atoms with Crippen molar-refractivity contribution in [2.45, 2.75) is 52.6 Å². The number of ether oxygens (including phenoxy) is 1. The largest absolute Gasteiger partial charge is 0.371 e. The normalized spacial score (nSPS) is 19.6. The Kier molecular flexibility index (Phi) is 5.92. The Morgan fingerprint density at radius 1 is 1.40 bits per heavy atom. The number of aromatic nitrogens is 2. The van der Waals surface area contributed by atoms with Crippen LogP contribution in [0.5, 0.6) is 0 Å². The first kappa shape index (κ1) is 15.4. The van der Waals surface area contributed by atoms with Crippen LogP contribution in [0, 0.1) is 5.92 Å². The molecule has 4 nitrogen and oxygen atoms in total. The lowest BCUT2D eigenvalue weighted by atomic mass is 9.87. The van der Waals surface area contributed by atoms with Crippen molar-refractivity contribution in [3.8, 4) is 0 Å². The van der Waals surface area contributed by atoms with Gasteiger partial charge in [-0.05, 0) is 57.2 Å². The minimum absolute atomic E-state index is 0.0461. The number of nitrogens with one attached hydrogen (secondary N) is 1. The van der Waals surface area contributed by atoms with Crippen molar-refractivity contribution in [3.05, 3.63) is 23.3 Å². The zero-order valence-electron chi connectivity index (χ0n) is 13.0. The molecule has 112 valence electrons. The number of hydrogen-bond acceptors (Lipinski definition) is 4. The summed E-state index contributed by atoms with van der Waals surface area (Å²) >= 11 is 0. The summed E-state index contributed by atoms with van der Waals surface area (Å²) < 4.78 is 5.71. The second-order valence-corrected chi connectivity index (χ2v) is 5.47. The number of nitrogens with zero attached hydrogens (tertiary/aromatic N) is 2. The molecule has 1 aliphatic carbocycles. The van der Waals surface area contributed by atoms with E-state index in [9.17, 15) is 0 Å². The van der Waals surface area contributed by atoms with Crippen molar-refractivity contribution in [1.29, 1.82) is 0 Å². The van der Waals surface area contributed by atoms with Gasteiger partial charge in [0.05, 0.1) is 0 Å². The first-order chi connectivity index (χ1) is 9.78. The molecule has 1 aromatic rings. The fraction of sp³-hybridized carbons (Fsp3) is 0.750. The summed E-state index contributed by atoms with van der Waals surface area (Å²) in [7, 11) is 0. The van der Waals surface area contributed by atoms with Gasteiger partial charge in [0.15, 0.2) is 5.82 Å². The van der Waals surface area contributed by atoms with Crippen LogP contribution in [0.3, 0.4) is 0 Å². The number of rotatable bonds is 7. The molecular weight excluding hydrogens is 250 g/mol. The maximum absolute atomic E-state index is 5.71. The van der Waals surface area contributed by atoms with E-state index >= 15 is 0 Å². The summed E-state index contributed by atoms with van der Waals surface area (Å²) in [6.07, 6.45) is 6.40. The maximum atomic E-state index is 5.71. The fourth-order valence-electron chi connectivity index (χ4n) is 2.85. The van der Waals surface area contributed by atoms with Crippen molar-refractivity contribution in [2.24, 2.45) is 5.92 Å². The predicted molar refractivity (Wildman–Crippen MR) is 80.7 cm³/mol. The molecule has 2 atom stereocenters. The number of aryl methyl sites for hydroxylation is 1. The Morgan fingerprint density at radius 2 is 2.25 bits per heavy atom. The van der Waals surface area contributed by atoms with E-state index in [1.54, 1.807) is 0 Å². The van der Waals surface area contributed by atoms with Crippen molar-refractivity contribution in [2.75, 3.05) is 19.7 Å². The second kappa shape index (κ2) is 7.70. The standard InChI is InChI=1S/C16H27N3O/c1-4-15(20-6-3)16-18-11-13-9-12(10-17-5-2)7-8-14(13)19-16/h11-12,15,17H,4-10H2,1-3H3. The van der Waals surface area contributed by atoms with Crippen LogP contribution < -0.4 is 5.32 Å². The van der Waals surface area contributed by atoms with Crippen molar-refractivity contribution in [3.63, 3.8) is 0 Å². The van der Waals surface area contributed by atoms with Gasteiger partial charge in [-0.2, -0.15) is 0 Å². The predicted octanol–water partition coefficient (Wildman–Crippen LogP) is 2.68. The van der Waals surface area contributed by atoms with E-state index in [0.717, 1.165) is 44.1 Å². The lowest BCUT2D eigenvalue weighted by Gasteiger charge is -2.25. The molecule has 1 heterocycles. The zero-order chi connectivity index (χ0) is 14.4. The van der Waals surface area contributed by atoms with Crippen LogP contribution in [0.1, 0.15) is 56.8 Å². The summed E-state index contributed by atoms with van der Waals surface area (Å²) in [4.78, 5) is 9.30. The fourth-order valence-corrected chi connectivity index (χ4v) is 2.85. The van der Waals surface area contributed by atoms with Crippen LogP contribution in [-0.4, -0.2) is 29.7 Å². The van der Waals surface area contributed by atoms with Crippen LogP contribution in [-0.2, 0) is 17.6 Å². The monoisotopic (exact) mass is 277 g/mol. The van der Waals surface area contributed by atoms with E-state index in [1.165, 1.54) is 17.7 Å². The van der Waals surface area contributed by atoms with Gasteiger partial charge in [-0.25, -0.2) is 9.97 Å². The van der Waals surface area contributed by atoms with E-state index in [4.69, 9.17) is 9.72 Å². The lowest BCUT2D eigenvalue weighted by molar-refractivity contribution is 0.0532. The Bertz CT molecular complexity index is 422. The molecule has 0 fully saturated rings. The van der Waals surface area contributed by atoms with Gasteiger partial charge in [-0.15, -0.1) is 0 Å². The smallest absolute Gasteiger partial charge is 0.157 e. The Morgan fingerprint density at radius 3 is 2.95 bits per heavy atom. The third-order valence-electron chi connectivity index (χ3n) is 3.98. The van der Waals surface area contributed by atoms with Crippen LogP contribution >= 0.6 is 0 Å². The maximum Gasteiger partial charge on any atom is 0.157 e. The Labute approximate surface area is 122 Å². The highest BCUT2D eigenvalue weighted by Gasteiger charge is 2.22. The average molecular weight is 277 g/mol. The van der Waals surface area contributed by atoms with Gasteiger partial charge >= 0.3 is 0 Å². The molecule has 0 aliphatic heterocycles. The van der Waals surface area contributed by atoms with Gasteiger partial charge in [-0.1, -0.05) is 13.8 Å². The molecule has 4 heteroatoms. The molecule has 20 heavy (non-hydrogen) atoms. The van der Waals surface area contributed by atoms with Gasteiger partial charge in [0.2, 0.25) is 0 Å². The van der Waals surface area contributed by atoms with Crippen LogP contribution in [0.4, 0.5) is 0 Å². The summed E-state index contributed by atoms with van der Waals surface area (Å²) in [5.74, 6) is 1.59. The SMILES string of the molecule is CCNCC1CCc2nc(C(CC)OCC)ncc2C1. The highest BCUT2D eigenvalue weighted by Crippen LogP contribution is 2.25. The van der Waals surface area contributed by atoms with Crippen LogP contribution in [0.15, 0.2) is 6.20 Å². The molecular formula is C16H27N3O. The lowest BCUT2D eigenvalue weighted by Crippen LogP contribution is -2.28. The topological polar surface area (TPSA) is 47.0 Å². The van der Waals surface area contributed by atoms with E-state index in [2.05, 4.69) is 24.1 Å². The zero-order valence-corrected chi connectivity index (χ0v) is 13.0. The van der Waals surface area contributed by atoms with Gasteiger partial charge in [-0.3, -0.25) is 0 Å². The molecule has 0 aromatic carbocycles. The summed E-state index contributed by atoms with van der Waals surface area (Å²) in [6.45, 7) is 9.16. The molecule has 0 saturated carbocycles. The van der Waals surface area contributed by atoms with E-state index in [0.29, 0.717) is 6.61 Å². The van der Waals surface area contributed by atoms with E-state index in [-0.39, 0.29) is 6.10 Å². The molecule has 1 aliphatic rings. The molecule has 0 spiro atoms. The summed E-state index contributed by atoms with van der Waals surface area (Å²) in [6, 6.07) is 0. The molecule has 0 bridgehead atoms. The quantitative estimate of drug-likeness (QED) is 0.832. The third kappa shape index (κ3) is 3.76.